The molecule has 0 bridgehead atoms. The molecule has 5 nitrogen and oxygen atoms in total. The van der Waals surface area contributed by atoms with E-state index >= 15 is 0 Å². The minimum absolute atomic E-state index is 0.463. The van der Waals surface area contributed by atoms with Crippen LogP contribution in [0.5, 0.6) is 5.75 Å². The number of ether oxygens (including phenoxy) is 1. The number of rotatable bonds is 8. The Kier molecular flexibility index (Phi) is 7.08. The molecule has 5 heteroatoms. The average Bonchev–Trinajstić information content (AvgIpc) is 2.59. The summed E-state index contributed by atoms with van der Waals surface area (Å²) < 4.78 is 5.71. The Balaban J connectivity index is 1.77. The molecule has 0 saturated heterocycles. The number of nitrogens with zero attached hydrogens (tertiary/aromatic N) is 2. The Labute approximate surface area is 144 Å². The summed E-state index contributed by atoms with van der Waals surface area (Å²) in [5.41, 5.74) is 7.86. The van der Waals surface area contributed by atoms with Crippen LogP contribution in [0.15, 0.2) is 53.7 Å². The van der Waals surface area contributed by atoms with Gasteiger partial charge in [0.1, 0.15) is 12.4 Å². The number of nitrogens with two attached hydrogens (primary N) is 1. The van der Waals surface area contributed by atoms with Gasteiger partial charge in [0.15, 0.2) is 5.96 Å². The van der Waals surface area contributed by atoms with Crippen LogP contribution in [0.2, 0.25) is 0 Å². The van der Waals surface area contributed by atoms with Gasteiger partial charge in [0.2, 0.25) is 0 Å². The van der Waals surface area contributed by atoms with Crippen molar-refractivity contribution in [3.8, 4) is 5.75 Å². The second kappa shape index (κ2) is 9.55. The lowest BCUT2D eigenvalue weighted by Crippen LogP contribution is -2.32. The van der Waals surface area contributed by atoms with Gasteiger partial charge in [-0.2, -0.15) is 0 Å². The molecular weight excluding hydrogens is 300 g/mol. The van der Waals surface area contributed by atoms with Gasteiger partial charge in [-0.3, -0.25) is 4.98 Å². The molecule has 1 heterocycles. The van der Waals surface area contributed by atoms with E-state index < -0.39 is 0 Å². The van der Waals surface area contributed by atoms with E-state index in [1.807, 2.05) is 42.5 Å². The molecule has 128 valence electrons. The Morgan fingerprint density at radius 2 is 2.00 bits per heavy atom. The molecule has 0 aliphatic heterocycles. The summed E-state index contributed by atoms with van der Waals surface area (Å²) in [4.78, 5) is 8.58. The molecule has 0 atom stereocenters. The largest absolute Gasteiger partial charge is 0.487 e. The first kappa shape index (κ1) is 17.8. The topological polar surface area (TPSA) is 72.5 Å². The summed E-state index contributed by atoms with van der Waals surface area (Å²) in [5, 5.41) is 3.13. The highest BCUT2D eigenvalue weighted by Crippen LogP contribution is 2.14. The Bertz CT molecular complexity index is 624. The predicted octanol–water partition coefficient (Wildman–Crippen LogP) is 3.11. The van der Waals surface area contributed by atoms with Crippen LogP contribution in [0.25, 0.3) is 0 Å². The second-order valence-corrected chi connectivity index (χ2v) is 6.06. The standard InChI is InChI=1S/C19H26N4O/c1-15(2)10-12-22-19(20)23-13-16-6-8-18(9-7-16)24-14-17-5-3-4-11-21-17/h3-9,11,15H,10,12-14H2,1-2H3,(H3,20,22,23). The summed E-state index contributed by atoms with van der Waals surface area (Å²) in [6, 6.07) is 13.7. The van der Waals surface area contributed by atoms with Gasteiger partial charge >= 0.3 is 0 Å². The van der Waals surface area contributed by atoms with Crippen LogP contribution in [0.1, 0.15) is 31.5 Å². The molecule has 0 aliphatic rings. The Hall–Kier alpha value is -2.56. The van der Waals surface area contributed by atoms with Crippen molar-refractivity contribution in [3.63, 3.8) is 0 Å². The van der Waals surface area contributed by atoms with E-state index in [2.05, 4.69) is 29.1 Å². The third kappa shape index (κ3) is 6.69. The van der Waals surface area contributed by atoms with Gasteiger partial charge in [0.05, 0.1) is 12.2 Å². The van der Waals surface area contributed by atoms with Crippen molar-refractivity contribution >= 4 is 5.96 Å². The lowest BCUT2D eigenvalue weighted by molar-refractivity contribution is 0.301. The van der Waals surface area contributed by atoms with E-state index in [9.17, 15) is 0 Å². The molecule has 1 aromatic heterocycles. The second-order valence-electron chi connectivity index (χ2n) is 6.06. The first-order chi connectivity index (χ1) is 11.6. The predicted molar refractivity (Wildman–Crippen MR) is 97.8 cm³/mol. The van der Waals surface area contributed by atoms with Crippen LogP contribution in [-0.2, 0) is 13.2 Å². The molecule has 0 radical (unpaired) electrons. The molecule has 0 amide bonds. The van der Waals surface area contributed by atoms with Crippen molar-refractivity contribution in [2.75, 3.05) is 6.54 Å². The van der Waals surface area contributed by atoms with Gasteiger partial charge in [0.25, 0.3) is 0 Å². The molecule has 2 rings (SSSR count). The molecule has 0 unspecified atom stereocenters. The number of aliphatic imine (C=N–C) groups is 1. The van der Waals surface area contributed by atoms with Crippen LogP contribution in [-0.4, -0.2) is 17.5 Å². The van der Waals surface area contributed by atoms with Crippen LogP contribution in [0.4, 0.5) is 0 Å². The zero-order chi connectivity index (χ0) is 17.2. The maximum atomic E-state index is 5.86. The van der Waals surface area contributed by atoms with E-state index in [0.29, 0.717) is 25.0 Å². The molecule has 1 aromatic carbocycles. The van der Waals surface area contributed by atoms with Crippen molar-refractivity contribution in [1.29, 1.82) is 0 Å². The number of hydrogen-bond acceptors (Lipinski definition) is 3. The first-order valence-electron chi connectivity index (χ1n) is 8.29. The fourth-order valence-electron chi connectivity index (χ4n) is 2.05. The Morgan fingerprint density at radius 1 is 1.21 bits per heavy atom. The minimum atomic E-state index is 0.463. The van der Waals surface area contributed by atoms with Crippen molar-refractivity contribution in [2.45, 2.75) is 33.4 Å². The third-order valence-corrected chi connectivity index (χ3v) is 3.50. The molecule has 0 aliphatic carbocycles. The molecular formula is C19H26N4O. The lowest BCUT2D eigenvalue weighted by Gasteiger charge is -2.08. The number of hydrogen-bond donors (Lipinski definition) is 2. The maximum absolute atomic E-state index is 5.86. The molecule has 3 N–H and O–H groups in total. The van der Waals surface area contributed by atoms with Crippen LogP contribution in [0.3, 0.4) is 0 Å². The smallest absolute Gasteiger partial charge is 0.188 e. The van der Waals surface area contributed by atoms with E-state index in [1.165, 1.54) is 0 Å². The van der Waals surface area contributed by atoms with Gasteiger partial charge in [0, 0.05) is 12.7 Å². The SMILES string of the molecule is CC(C)CCNC(N)=NCc1ccc(OCc2ccccn2)cc1. The van der Waals surface area contributed by atoms with E-state index in [-0.39, 0.29) is 0 Å². The fourth-order valence-corrected chi connectivity index (χ4v) is 2.05. The number of aromatic nitrogens is 1. The van der Waals surface area contributed by atoms with E-state index in [4.69, 9.17) is 10.5 Å². The highest BCUT2D eigenvalue weighted by atomic mass is 16.5. The number of guanidine groups is 1. The lowest BCUT2D eigenvalue weighted by atomic mass is 10.1. The quantitative estimate of drug-likeness (QED) is 0.577. The van der Waals surface area contributed by atoms with E-state index in [0.717, 1.165) is 30.0 Å². The molecule has 0 fully saturated rings. The minimum Gasteiger partial charge on any atom is -0.487 e. The van der Waals surface area contributed by atoms with Gasteiger partial charge in [-0.1, -0.05) is 32.0 Å². The van der Waals surface area contributed by atoms with Crippen LogP contribution < -0.4 is 15.8 Å². The Morgan fingerprint density at radius 3 is 2.67 bits per heavy atom. The van der Waals surface area contributed by atoms with Gasteiger partial charge in [-0.15, -0.1) is 0 Å². The first-order valence-corrected chi connectivity index (χ1v) is 8.29. The number of nitrogens with one attached hydrogen (secondary N) is 1. The summed E-state index contributed by atoms with van der Waals surface area (Å²) in [7, 11) is 0. The average molecular weight is 326 g/mol. The van der Waals surface area contributed by atoms with Crippen molar-refractivity contribution in [1.82, 2.24) is 10.3 Å². The maximum Gasteiger partial charge on any atom is 0.188 e. The van der Waals surface area contributed by atoms with Gasteiger partial charge in [-0.05, 0) is 42.2 Å². The van der Waals surface area contributed by atoms with Crippen molar-refractivity contribution in [2.24, 2.45) is 16.6 Å². The monoisotopic (exact) mass is 326 g/mol. The fraction of sp³-hybridized carbons (Fsp3) is 0.368. The van der Waals surface area contributed by atoms with E-state index in [1.54, 1.807) is 6.20 Å². The molecule has 2 aromatic rings. The highest BCUT2D eigenvalue weighted by molar-refractivity contribution is 5.77. The third-order valence-electron chi connectivity index (χ3n) is 3.50. The molecule has 0 spiro atoms. The van der Waals surface area contributed by atoms with Gasteiger partial charge in [-0.25, -0.2) is 4.99 Å². The van der Waals surface area contributed by atoms with Crippen molar-refractivity contribution < 1.29 is 4.74 Å². The summed E-state index contributed by atoms with van der Waals surface area (Å²) in [5.74, 6) is 1.96. The normalized spacial score (nSPS) is 11.5. The molecule has 0 saturated carbocycles. The highest BCUT2D eigenvalue weighted by Gasteiger charge is 1.99. The number of benzene rings is 1. The van der Waals surface area contributed by atoms with Crippen LogP contribution >= 0.6 is 0 Å². The zero-order valence-corrected chi connectivity index (χ0v) is 14.4. The number of pyridine rings is 1. The summed E-state index contributed by atoms with van der Waals surface area (Å²) >= 11 is 0. The van der Waals surface area contributed by atoms with Crippen LogP contribution in [0, 0.1) is 5.92 Å². The summed E-state index contributed by atoms with van der Waals surface area (Å²) in [6.45, 7) is 6.25. The molecule has 24 heavy (non-hydrogen) atoms. The summed E-state index contributed by atoms with van der Waals surface area (Å²) in [6.07, 6.45) is 2.85. The zero-order valence-electron chi connectivity index (χ0n) is 14.4. The van der Waals surface area contributed by atoms with Crippen molar-refractivity contribution in [3.05, 3.63) is 59.9 Å². The van der Waals surface area contributed by atoms with Gasteiger partial charge < -0.3 is 15.8 Å².